The van der Waals surface area contributed by atoms with E-state index in [0.717, 1.165) is 12.5 Å². The fraction of sp³-hybridized carbons (Fsp3) is 0.238. The van der Waals surface area contributed by atoms with Gasteiger partial charge in [-0.15, -0.1) is 0 Å². The van der Waals surface area contributed by atoms with Gasteiger partial charge in [-0.2, -0.15) is 0 Å². The molecule has 0 aliphatic heterocycles. The highest BCUT2D eigenvalue weighted by atomic mass is 28.4. The van der Waals surface area contributed by atoms with Gasteiger partial charge in [0.25, 0.3) is 0 Å². The molecule has 2 heteroatoms. The highest BCUT2D eigenvalue weighted by Gasteiger charge is 2.21. The quantitative estimate of drug-likeness (QED) is 0.332. The summed E-state index contributed by atoms with van der Waals surface area (Å²) in [5.41, 5.74) is 1.45. The molecule has 0 aliphatic rings. The van der Waals surface area contributed by atoms with Gasteiger partial charge in [0, 0.05) is 7.11 Å². The van der Waals surface area contributed by atoms with Crippen LogP contribution in [0.5, 0.6) is 0 Å². The summed E-state index contributed by atoms with van der Waals surface area (Å²) in [5.74, 6) is 0. The Hall–Kier alpha value is -1.90. The molecule has 23 heavy (non-hydrogen) atoms. The van der Waals surface area contributed by atoms with Crippen LogP contribution in [0.4, 0.5) is 0 Å². The van der Waals surface area contributed by atoms with Crippen LogP contribution in [0.15, 0.2) is 54.6 Å². The predicted molar refractivity (Wildman–Crippen MR) is 103 cm³/mol. The minimum absolute atomic E-state index is 1.10. The fourth-order valence-corrected chi connectivity index (χ4v) is 4.63. The van der Waals surface area contributed by atoms with Gasteiger partial charge in [-0.25, -0.2) is 0 Å². The van der Waals surface area contributed by atoms with Gasteiger partial charge >= 0.3 is 0 Å². The van der Waals surface area contributed by atoms with Crippen molar-refractivity contribution >= 4 is 40.6 Å². The highest BCUT2D eigenvalue weighted by Crippen LogP contribution is 2.36. The van der Waals surface area contributed by atoms with E-state index < -0.39 is 8.32 Å². The van der Waals surface area contributed by atoms with Crippen LogP contribution in [-0.2, 0) is 10.8 Å². The lowest BCUT2D eigenvalue weighted by molar-refractivity contribution is 0.403. The molecule has 0 bridgehead atoms. The van der Waals surface area contributed by atoms with Gasteiger partial charge < -0.3 is 4.43 Å². The van der Waals surface area contributed by atoms with Crippen LogP contribution in [0.25, 0.3) is 32.3 Å². The Bertz CT molecular complexity index is 971. The maximum absolute atomic E-state index is 5.72. The second kappa shape index (κ2) is 5.33. The van der Waals surface area contributed by atoms with Gasteiger partial charge in [0.2, 0.25) is 0 Å². The van der Waals surface area contributed by atoms with Crippen LogP contribution in [0.2, 0.25) is 19.1 Å². The van der Waals surface area contributed by atoms with Crippen LogP contribution < -0.4 is 0 Å². The summed E-state index contributed by atoms with van der Waals surface area (Å²) < 4.78 is 5.72. The standard InChI is InChI=1S/C21H22OSi/c1-22-23(2,3)14-13-15-7-8-18-10-9-16-5-4-6-17-11-12-19(15)21(18)20(16)17/h4-12H,13-14H2,1-3H3. The zero-order chi connectivity index (χ0) is 16.0. The molecule has 4 aromatic carbocycles. The third-order valence-electron chi connectivity index (χ3n) is 5.17. The lowest BCUT2D eigenvalue weighted by atomic mass is 9.91. The normalized spacial score (nSPS) is 12.7. The minimum Gasteiger partial charge on any atom is -0.420 e. The van der Waals surface area contributed by atoms with Crippen molar-refractivity contribution in [3.05, 3.63) is 60.2 Å². The summed E-state index contributed by atoms with van der Waals surface area (Å²) in [6, 6.07) is 21.4. The Kier molecular flexibility index (Phi) is 3.40. The summed E-state index contributed by atoms with van der Waals surface area (Å²) in [4.78, 5) is 0. The van der Waals surface area contributed by atoms with E-state index in [1.165, 1.54) is 37.9 Å². The van der Waals surface area contributed by atoms with Crippen molar-refractivity contribution in [1.82, 2.24) is 0 Å². The monoisotopic (exact) mass is 318 g/mol. The first kappa shape index (κ1) is 14.7. The van der Waals surface area contributed by atoms with E-state index in [2.05, 4.69) is 67.7 Å². The molecule has 0 radical (unpaired) electrons. The van der Waals surface area contributed by atoms with Crippen LogP contribution in [0, 0.1) is 0 Å². The molecule has 0 atom stereocenters. The van der Waals surface area contributed by atoms with Gasteiger partial charge in [-0.1, -0.05) is 54.6 Å². The molecule has 0 saturated carbocycles. The number of benzene rings is 4. The van der Waals surface area contributed by atoms with Gasteiger partial charge in [-0.05, 0) is 63.4 Å². The Morgan fingerprint density at radius 2 is 1.39 bits per heavy atom. The van der Waals surface area contributed by atoms with Crippen LogP contribution in [-0.4, -0.2) is 15.4 Å². The molecule has 4 rings (SSSR count). The lowest BCUT2D eigenvalue weighted by Gasteiger charge is -2.20. The average molecular weight is 318 g/mol. The number of hydrogen-bond donors (Lipinski definition) is 0. The molecule has 0 aromatic heterocycles. The smallest absolute Gasteiger partial charge is 0.186 e. The summed E-state index contributed by atoms with van der Waals surface area (Å²) in [6.07, 6.45) is 1.10. The van der Waals surface area contributed by atoms with Crippen molar-refractivity contribution in [2.45, 2.75) is 25.6 Å². The molecule has 116 valence electrons. The first-order valence-corrected chi connectivity index (χ1v) is 11.4. The summed E-state index contributed by atoms with van der Waals surface area (Å²) in [5, 5.41) is 8.26. The van der Waals surface area contributed by atoms with Gasteiger partial charge in [-0.3, -0.25) is 0 Å². The van der Waals surface area contributed by atoms with Crippen LogP contribution >= 0.6 is 0 Å². The Morgan fingerprint density at radius 3 is 2.09 bits per heavy atom. The Labute approximate surface area is 138 Å². The van der Waals surface area contributed by atoms with E-state index in [1.54, 1.807) is 0 Å². The largest absolute Gasteiger partial charge is 0.420 e. The number of aryl methyl sites for hydroxylation is 1. The SMILES string of the molecule is CO[Si](C)(C)CCc1ccc2ccc3cccc4ccc1c2c34. The molecule has 0 N–H and O–H groups in total. The average Bonchev–Trinajstić information content (AvgIpc) is 2.58. The Balaban J connectivity index is 1.93. The number of rotatable bonds is 4. The molecular weight excluding hydrogens is 296 g/mol. The zero-order valence-corrected chi connectivity index (χ0v) is 15.0. The van der Waals surface area contributed by atoms with E-state index in [-0.39, 0.29) is 0 Å². The Morgan fingerprint density at radius 1 is 0.783 bits per heavy atom. The van der Waals surface area contributed by atoms with Crippen LogP contribution in [0.3, 0.4) is 0 Å². The molecule has 4 aromatic rings. The molecule has 1 nitrogen and oxygen atoms in total. The van der Waals surface area contributed by atoms with Crippen LogP contribution in [0.1, 0.15) is 5.56 Å². The highest BCUT2D eigenvalue weighted by molar-refractivity contribution is 6.71. The third kappa shape index (κ3) is 2.43. The van der Waals surface area contributed by atoms with Crippen molar-refractivity contribution in [2.75, 3.05) is 7.11 Å². The van der Waals surface area contributed by atoms with E-state index >= 15 is 0 Å². The predicted octanol–water partition coefficient (Wildman–Crippen LogP) is 5.98. The molecule has 0 saturated heterocycles. The second-order valence-electron chi connectivity index (χ2n) is 7.04. The van der Waals surface area contributed by atoms with E-state index in [4.69, 9.17) is 4.43 Å². The molecular formula is C21H22OSi. The second-order valence-corrected chi connectivity index (χ2v) is 11.5. The third-order valence-corrected chi connectivity index (χ3v) is 7.73. The number of hydrogen-bond acceptors (Lipinski definition) is 1. The zero-order valence-electron chi connectivity index (χ0n) is 14.0. The van der Waals surface area contributed by atoms with Gasteiger partial charge in [0.15, 0.2) is 8.32 Å². The topological polar surface area (TPSA) is 9.23 Å². The van der Waals surface area contributed by atoms with Crippen molar-refractivity contribution in [3.8, 4) is 0 Å². The van der Waals surface area contributed by atoms with E-state index in [1.807, 2.05) is 7.11 Å². The fourth-order valence-electron chi connectivity index (χ4n) is 3.55. The molecule has 0 aliphatic carbocycles. The molecule has 0 spiro atoms. The van der Waals surface area contributed by atoms with Crippen molar-refractivity contribution in [2.24, 2.45) is 0 Å². The van der Waals surface area contributed by atoms with Gasteiger partial charge in [0.1, 0.15) is 0 Å². The lowest BCUT2D eigenvalue weighted by Crippen LogP contribution is -2.28. The van der Waals surface area contributed by atoms with E-state index in [9.17, 15) is 0 Å². The maximum atomic E-state index is 5.72. The van der Waals surface area contributed by atoms with Crippen molar-refractivity contribution in [1.29, 1.82) is 0 Å². The van der Waals surface area contributed by atoms with Gasteiger partial charge in [0.05, 0.1) is 0 Å². The summed E-state index contributed by atoms with van der Waals surface area (Å²) >= 11 is 0. The summed E-state index contributed by atoms with van der Waals surface area (Å²) in [7, 11) is 0.332. The molecule has 0 heterocycles. The first-order chi connectivity index (χ1) is 11.1. The maximum Gasteiger partial charge on any atom is 0.186 e. The molecule has 0 fully saturated rings. The first-order valence-electron chi connectivity index (χ1n) is 8.30. The molecule has 0 unspecified atom stereocenters. The molecule has 0 amide bonds. The van der Waals surface area contributed by atoms with Crippen molar-refractivity contribution < 1.29 is 4.43 Å². The van der Waals surface area contributed by atoms with E-state index in [0.29, 0.717) is 0 Å². The summed E-state index contributed by atoms with van der Waals surface area (Å²) in [6.45, 7) is 4.59. The van der Waals surface area contributed by atoms with Crippen molar-refractivity contribution in [3.63, 3.8) is 0 Å². The minimum atomic E-state index is -1.53.